The van der Waals surface area contributed by atoms with Crippen LogP contribution in [-0.2, 0) is 4.74 Å². The van der Waals surface area contributed by atoms with Crippen molar-refractivity contribution in [1.29, 1.82) is 0 Å². The first-order valence-electron chi connectivity index (χ1n) is 4.72. The maximum atomic E-state index is 11.1. The summed E-state index contributed by atoms with van der Waals surface area (Å²) in [6.07, 6.45) is 0.110. The SMILES string of the molecule is O=c1ccc2c(C3CO3)ccc(O)c2[nH]1. The van der Waals surface area contributed by atoms with Crippen molar-refractivity contribution in [3.05, 3.63) is 40.2 Å². The lowest BCUT2D eigenvalue weighted by molar-refractivity contribution is 0.416. The van der Waals surface area contributed by atoms with Crippen LogP contribution in [0.3, 0.4) is 0 Å². The van der Waals surface area contributed by atoms with Crippen molar-refractivity contribution in [2.24, 2.45) is 0 Å². The predicted molar refractivity (Wildman–Crippen MR) is 54.9 cm³/mol. The van der Waals surface area contributed by atoms with E-state index in [0.29, 0.717) is 12.1 Å². The van der Waals surface area contributed by atoms with Gasteiger partial charge in [0.05, 0.1) is 12.1 Å². The number of phenolic OH excluding ortho intramolecular Hbond substituents is 1. The molecule has 1 aliphatic rings. The predicted octanol–water partition coefficient (Wildman–Crippen LogP) is 1.30. The average Bonchev–Trinajstić information content (AvgIpc) is 3.03. The van der Waals surface area contributed by atoms with E-state index >= 15 is 0 Å². The Morgan fingerprint density at radius 2 is 2.13 bits per heavy atom. The zero-order valence-corrected chi connectivity index (χ0v) is 7.86. The van der Waals surface area contributed by atoms with Crippen LogP contribution >= 0.6 is 0 Å². The van der Waals surface area contributed by atoms with Gasteiger partial charge in [0.1, 0.15) is 11.9 Å². The molecule has 2 heterocycles. The standard InChI is InChI=1S/C11H9NO3/c13-8-3-1-6(9-5-15-9)7-2-4-10(14)12-11(7)8/h1-4,9,13H,5H2,(H,12,14). The minimum atomic E-state index is -0.216. The summed E-state index contributed by atoms with van der Waals surface area (Å²) in [6.45, 7) is 0.707. The van der Waals surface area contributed by atoms with E-state index in [4.69, 9.17) is 4.74 Å². The number of fused-ring (bicyclic) bond motifs is 1. The van der Waals surface area contributed by atoms with Crippen molar-refractivity contribution in [2.75, 3.05) is 6.61 Å². The quantitative estimate of drug-likeness (QED) is 0.686. The summed E-state index contributed by atoms with van der Waals surface area (Å²) < 4.78 is 5.20. The summed E-state index contributed by atoms with van der Waals surface area (Å²) >= 11 is 0. The molecule has 0 saturated carbocycles. The van der Waals surface area contributed by atoms with Crippen LogP contribution in [0.2, 0.25) is 0 Å². The number of hydrogen-bond donors (Lipinski definition) is 2. The third-order valence-electron chi connectivity index (χ3n) is 2.59. The number of pyridine rings is 1. The van der Waals surface area contributed by atoms with Crippen LogP contribution in [-0.4, -0.2) is 16.7 Å². The molecule has 76 valence electrons. The van der Waals surface area contributed by atoms with E-state index in [0.717, 1.165) is 10.9 Å². The van der Waals surface area contributed by atoms with Gasteiger partial charge in [-0.05, 0) is 17.7 Å². The van der Waals surface area contributed by atoms with Gasteiger partial charge in [0.15, 0.2) is 0 Å². The van der Waals surface area contributed by atoms with Gasteiger partial charge < -0.3 is 14.8 Å². The fourth-order valence-corrected chi connectivity index (χ4v) is 1.77. The zero-order chi connectivity index (χ0) is 10.4. The Balaban J connectivity index is 2.39. The van der Waals surface area contributed by atoms with Crippen molar-refractivity contribution >= 4 is 10.9 Å². The first-order valence-corrected chi connectivity index (χ1v) is 4.72. The molecule has 1 aliphatic heterocycles. The van der Waals surface area contributed by atoms with Gasteiger partial charge in [-0.15, -0.1) is 0 Å². The number of nitrogens with one attached hydrogen (secondary N) is 1. The van der Waals surface area contributed by atoms with Crippen LogP contribution in [0, 0.1) is 0 Å². The summed E-state index contributed by atoms with van der Waals surface area (Å²) in [5, 5.41) is 10.5. The molecule has 4 heteroatoms. The molecule has 1 unspecified atom stereocenters. The monoisotopic (exact) mass is 203 g/mol. The number of epoxide rings is 1. The van der Waals surface area contributed by atoms with E-state index in [9.17, 15) is 9.90 Å². The summed E-state index contributed by atoms with van der Waals surface area (Å²) in [5.74, 6) is 0.0899. The molecule has 2 aromatic rings. The van der Waals surface area contributed by atoms with Crippen LogP contribution in [0.1, 0.15) is 11.7 Å². The Bertz CT molecular complexity index is 584. The molecule has 0 bridgehead atoms. The number of phenols is 1. The van der Waals surface area contributed by atoms with E-state index in [1.165, 1.54) is 6.07 Å². The molecule has 0 radical (unpaired) electrons. The molecule has 15 heavy (non-hydrogen) atoms. The molecule has 2 N–H and O–H groups in total. The lowest BCUT2D eigenvalue weighted by Crippen LogP contribution is -2.03. The van der Waals surface area contributed by atoms with Gasteiger partial charge in [-0.25, -0.2) is 0 Å². The van der Waals surface area contributed by atoms with Gasteiger partial charge in [-0.3, -0.25) is 4.79 Å². The van der Waals surface area contributed by atoms with Gasteiger partial charge in [0.2, 0.25) is 5.56 Å². The molecular weight excluding hydrogens is 194 g/mol. The topological polar surface area (TPSA) is 65.6 Å². The molecule has 4 nitrogen and oxygen atoms in total. The average molecular weight is 203 g/mol. The minimum absolute atomic E-state index is 0.0899. The minimum Gasteiger partial charge on any atom is -0.506 e. The number of H-pyrrole nitrogens is 1. The highest BCUT2D eigenvalue weighted by molar-refractivity contribution is 5.87. The molecule has 1 aromatic heterocycles. The number of rotatable bonds is 1. The Labute approximate surface area is 85.1 Å². The Morgan fingerprint density at radius 3 is 2.87 bits per heavy atom. The molecule has 1 saturated heterocycles. The van der Waals surface area contributed by atoms with E-state index in [1.54, 1.807) is 12.1 Å². The lowest BCUT2D eigenvalue weighted by Gasteiger charge is -2.04. The maximum absolute atomic E-state index is 11.1. The first-order chi connectivity index (χ1) is 7.25. The molecule has 1 atom stereocenters. The maximum Gasteiger partial charge on any atom is 0.248 e. The lowest BCUT2D eigenvalue weighted by atomic mass is 10.1. The summed E-state index contributed by atoms with van der Waals surface area (Å²) in [5.41, 5.74) is 1.28. The summed E-state index contributed by atoms with van der Waals surface area (Å²) in [4.78, 5) is 13.8. The molecule has 3 rings (SSSR count). The van der Waals surface area contributed by atoms with Crippen LogP contribution in [0.5, 0.6) is 5.75 Å². The van der Waals surface area contributed by atoms with Crippen LogP contribution in [0.15, 0.2) is 29.1 Å². The van der Waals surface area contributed by atoms with Gasteiger partial charge in [0.25, 0.3) is 0 Å². The van der Waals surface area contributed by atoms with Crippen LogP contribution in [0.25, 0.3) is 10.9 Å². The highest BCUT2D eigenvalue weighted by Gasteiger charge is 2.27. The first kappa shape index (κ1) is 8.49. The number of ether oxygens (including phenoxy) is 1. The van der Waals surface area contributed by atoms with Crippen molar-refractivity contribution in [1.82, 2.24) is 4.98 Å². The van der Waals surface area contributed by atoms with Crippen molar-refractivity contribution < 1.29 is 9.84 Å². The van der Waals surface area contributed by atoms with Crippen LogP contribution < -0.4 is 5.56 Å². The number of benzene rings is 1. The molecule has 0 spiro atoms. The van der Waals surface area contributed by atoms with Gasteiger partial charge in [-0.2, -0.15) is 0 Å². The Morgan fingerprint density at radius 1 is 1.33 bits per heavy atom. The number of aromatic amines is 1. The summed E-state index contributed by atoms with van der Waals surface area (Å²) in [6, 6.07) is 6.57. The molecule has 1 fully saturated rings. The second kappa shape index (κ2) is 2.84. The molecule has 0 amide bonds. The fraction of sp³-hybridized carbons (Fsp3) is 0.182. The van der Waals surface area contributed by atoms with Gasteiger partial charge >= 0.3 is 0 Å². The Hall–Kier alpha value is -1.81. The molecular formula is C11H9NO3. The largest absolute Gasteiger partial charge is 0.506 e. The smallest absolute Gasteiger partial charge is 0.248 e. The fourth-order valence-electron chi connectivity index (χ4n) is 1.77. The zero-order valence-electron chi connectivity index (χ0n) is 7.86. The van der Waals surface area contributed by atoms with Crippen LogP contribution in [0.4, 0.5) is 0 Å². The summed E-state index contributed by atoms with van der Waals surface area (Å²) in [7, 11) is 0. The third-order valence-corrected chi connectivity index (χ3v) is 2.59. The van der Waals surface area contributed by atoms with E-state index in [-0.39, 0.29) is 17.4 Å². The number of aromatic hydroxyl groups is 1. The molecule has 0 aliphatic carbocycles. The second-order valence-electron chi connectivity index (χ2n) is 3.61. The van der Waals surface area contributed by atoms with Crippen molar-refractivity contribution in [3.8, 4) is 5.75 Å². The highest BCUT2D eigenvalue weighted by Crippen LogP contribution is 2.36. The highest BCUT2D eigenvalue weighted by atomic mass is 16.6. The number of hydrogen-bond acceptors (Lipinski definition) is 3. The Kier molecular flexibility index (Phi) is 1.61. The van der Waals surface area contributed by atoms with Crippen molar-refractivity contribution in [2.45, 2.75) is 6.10 Å². The normalized spacial score (nSPS) is 19.3. The van der Waals surface area contributed by atoms with E-state index in [1.807, 2.05) is 6.07 Å². The van der Waals surface area contributed by atoms with E-state index in [2.05, 4.69) is 4.98 Å². The van der Waals surface area contributed by atoms with E-state index < -0.39 is 0 Å². The third kappa shape index (κ3) is 1.30. The van der Waals surface area contributed by atoms with Gasteiger partial charge in [0, 0.05) is 11.5 Å². The number of aromatic nitrogens is 1. The van der Waals surface area contributed by atoms with Crippen molar-refractivity contribution in [3.63, 3.8) is 0 Å². The second-order valence-corrected chi connectivity index (χ2v) is 3.61. The van der Waals surface area contributed by atoms with Gasteiger partial charge in [-0.1, -0.05) is 6.07 Å². The molecule has 1 aromatic carbocycles.